The van der Waals surface area contributed by atoms with Gasteiger partial charge < -0.3 is 15.0 Å². The van der Waals surface area contributed by atoms with Gasteiger partial charge in [0.1, 0.15) is 6.04 Å². The van der Waals surface area contributed by atoms with E-state index >= 15 is 0 Å². The van der Waals surface area contributed by atoms with E-state index < -0.39 is 12.0 Å². The quantitative estimate of drug-likeness (QED) is 0.404. The number of carboxylic acid groups (broad SMARTS) is 1. The second-order valence-corrected chi connectivity index (χ2v) is 11.8. The summed E-state index contributed by atoms with van der Waals surface area (Å²) in [6, 6.07) is 18.1. The van der Waals surface area contributed by atoms with Gasteiger partial charge in [-0.2, -0.15) is 0 Å². The van der Waals surface area contributed by atoms with Crippen LogP contribution in [0, 0.1) is 0 Å². The number of carboxylic acids is 1. The van der Waals surface area contributed by atoms with Crippen molar-refractivity contribution in [1.29, 1.82) is 0 Å². The number of aromatic nitrogens is 2. The summed E-state index contributed by atoms with van der Waals surface area (Å²) in [5.41, 5.74) is 2.25. The molecule has 3 aliphatic rings. The predicted molar refractivity (Wildman–Crippen MR) is 154 cm³/mol. The zero-order valence-electron chi connectivity index (χ0n) is 22.7. The van der Waals surface area contributed by atoms with Crippen molar-refractivity contribution in [3.63, 3.8) is 0 Å². The number of nitrogens with one attached hydrogen (secondary N) is 1. The van der Waals surface area contributed by atoms with Gasteiger partial charge >= 0.3 is 5.97 Å². The number of fused-ring (bicyclic) bond motifs is 3. The second-order valence-electron chi connectivity index (χ2n) is 11.8. The summed E-state index contributed by atoms with van der Waals surface area (Å²) in [6.07, 6.45) is 14.0. The first-order chi connectivity index (χ1) is 19.1. The normalized spacial score (nSPS) is 25.2. The maximum atomic E-state index is 14.0. The number of aliphatic carboxylic acids is 1. The third kappa shape index (κ3) is 5.46. The lowest BCUT2D eigenvalue weighted by molar-refractivity contribution is -0.137. The van der Waals surface area contributed by atoms with Crippen LogP contribution >= 0.6 is 0 Å². The van der Waals surface area contributed by atoms with Gasteiger partial charge in [-0.3, -0.25) is 9.69 Å². The highest BCUT2D eigenvalue weighted by molar-refractivity contribution is 5.79. The Morgan fingerprint density at radius 3 is 2.18 bits per heavy atom. The molecule has 1 aliphatic carbocycles. The van der Waals surface area contributed by atoms with Crippen LogP contribution in [0.25, 0.3) is 11.0 Å². The van der Waals surface area contributed by atoms with Gasteiger partial charge in [-0.05, 0) is 56.2 Å². The number of benzene rings is 2. The molecule has 1 saturated carbocycles. The molecule has 2 N–H and O–H groups in total. The number of carbonyl (C=O) groups is 1. The number of nitrogens with zero attached hydrogens (tertiary/aromatic N) is 3. The third-order valence-corrected chi connectivity index (χ3v) is 9.31. The molecule has 0 spiro atoms. The zero-order chi connectivity index (χ0) is 26.8. The van der Waals surface area contributed by atoms with Crippen LogP contribution in [-0.4, -0.2) is 49.7 Å². The lowest BCUT2D eigenvalue weighted by Gasteiger charge is -2.45. The van der Waals surface area contributed by atoms with Gasteiger partial charge in [-0.25, -0.2) is 9.78 Å². The molecular weight excluding hydrogens is 488 g/mol. The molecule has 0 radical (unpaired) electrons. The summed E-state index contributed by atoms with van der Waals surface area (Å²) in [4.78, 5) is 33.7. The fourth-order valence-electron chi connectivity index (χ4n) is 7.55. The van der Waals surface area contributed by atoms with E-state index in [1.54, 1.807) is 0 Å². The molecule has 1 aromatic heterocycles. The Labute approximate surface area is 230 Å². The van der Waals surface area contributed by atoms with Crippen molar-refractivity contribution in [3.8, 4) is 0 Å². The van der Waals surface area contributed by atoms with Gasteiger partial charge in [-0.15, -0.1) is 0 Å². The fraction of sp³-hybridized carbons (Fsp3) is 0.531. The summed E-state index contributed by atoms with van der Waals surface area (Å²) < 4.78 is 1.94. The Hall–Kier alpha value is -3.19. The highest BCUT2D eigenvalue weighted by Gasteiger charge is 2.44. The minimum absolute atomic E-state index is 0.0886. The smallest absolute Gasteiger partial charge is 0.326 e. The van der Waals surface area contributed by atoms with E-state index in [2.05, 4.69) is 15.2 Å². The third-order valence-electron chi connectivity index (χ3n) is 9.31. The number of hydrogen-bond acceptors (Lipinski definition) is 5. The lowest BCUT2D eigenvalue weighted by Crippen LogP contribution is -2.50. The average molecular weight is 529 g/mol. The predicted octanol–water partition coefficient (Wildman–Crippen LogP) is 5.79. The summed E-state index contributed by atoms with van der Waals surface area (Å²) >= 11 is 0. The van der Waals surface area contributed by atoms with Crippen molar-refractivity contribution in [2.75, 3.05) is 5.32 Å². The molecule has 39 heavy (non-hydrogen) atoms. The highest BCUT2D eigenvalue weighted by Crippen LogP contribution is 2.44. The molecule has 3 fully saturated rings. The lowest BCUT2D eigenvalue weighted by atomic mass is 9.89. The first-order valence-corrected chi connectivity index (χ1v) is 14.9. The average Bonchev–Trinajstić information content (AvgIpc) is 3.17. The number of rotatable bonds is 7. The SMILES string of the molecule is O=C(O)[C@H](Cc1ccccc1)Nc1nc2ccccc2n(C2C[C@H]3CC[C@@H](C2)N3C2CCCCCCC2)c1=O. The molecular formula is C32H40N4O3. The van der Waals surface area contributed by atoms with E-state index in [1.165, 1.54) is 57.8 Å². The minimum Gasteiger partial charge on any atom is -0.480 e. The molecule has 3 aromatic rings. The molecule has 2 aromatic carbocycles. The maximum Gasteiger partial charge on any atom is 0.326 e. The molecule has 7 heteroatoms. The Morgan fingerprint density at radius 1 is 0.846 bits per heavy atom. The van der Waals surface area contributed by atoms with Gasteiger partial charge in [0.25, 0.3) is 5.56 Å². The van der Waals surface area contributed by atoms with Crippen LogP contribution < -0.4 is 10.9 Å². The van der Waals surface area contributed by atoms with Gasteiger partial charge in [-0.1, -0.05) is 74.6 Å². The van der Waals surface area contributed by atoms with Crippen LogP contribution in [0.2, 0.25) is 0 Å². The van der Waals surface area contributed by atoms with Crippen molar-refractivity contribution in [2.45, 2.75) is 107 Å². The highest BCUT2D eigenvalue weighted by atomic mass is 16.4. The topological polar surface area (TPSA) is 87.5 Å². The summed E-state index contributed by atoms with van der Waals surface area (Å²) in [6.45, 7) is 0. The Morgan fingerprint density at radius 2 is 1.49 bits per heavy atom. The van der Waals surface area contributed by atoms with Gasteiger partial charge in [0.05, 0.1) is 11.0 Å². The van der Waals surface area contributed by atoms with E-state index in [4.69, 9.17) is 0 Å². The van der Waals surface area contributed by atoms with Crippen molar-refractivity contribution in [2.24, 2.45) is 0 Å². The number of para-hydroxylation sites is 2. The van der Waals surface area contributed by atoms with Crippen LogP contribution in [0.15, 0.2) is 59.4 Å². The molecule has 0 amide bonds. The monoisotopic (exact) mass is 528 g/mol. The van der Waals surface area contributed by atoms with Crippen molar-refractivity contribution in [1.82, 2.24) is 14.5 Å². The van der Waals surface area contributed by atoms with E-state index in [1.807, 2.05) is 59.2 Å². The molecule has 206 valence electrons. The molecule has 2 aliphatic heterocycles. The molecule has 3 heterocycles. The largest absolute Gasteiger partial charge is 0.480 e. The summed E-state index contributed by atoms with van der Waals surface area (Å²) in [5, 5.41) is 13.0. The van der Waals surface area contributed by atoms with Gasteiger partial charge in [0.2, 0.25) is 0 Å². The molecule has 2 saturated heterocycles. The fourth-order valence-corrected chi connectivity index (χ4v) is 7.55. The zero-order valence-corrected chi connectivity index (χ0v) is 22.7. The van der Waals surface area contributed by atoms with Gasteiger partial charge in [0, 0.05) is 30.6 Å². The van der Waals surface area contributed by atoms with E-state index in [0.29, 0.717) is 18.1 Å². The van der Waals surface area contributed by atoms with Crippen LogP contribution in [-0.2, 0) is 11.2 Å². The molecule has 6 rings (SSSR count). The molecule has 1 unspecified atom stereocenters. The summed E-state index contributed by atoms with van der Waals surface area (Å²) in [5.74, 6) is -0.864. The Bertz CT molecular complexity index is 1330. The Kier molecular flexibility index (Phi) is 7.69. The Balaban J connectivity index is 1.30. The molecule has 4 atom stereocenters. The van der Waals surface area contributed by atoms with Crippen molar-refractivity contribution >= 4 is 22.8 Å². The van der Waals surface area contributed by atoms with Crippen molar-refractivity contribution < 1.29 is 9.90 Å². The maximum absolute atomic E-state index is 14.0. The first kappa shape index (κ1) is 26.1. The van der Waals surface area contributed by atoms with E-state index in [9.17, 15) is 14.7 Å². The van der Waals surface area contributed by atoms with E-state index in [-0.39, 0.29) is 23.8 Å². The van der Waals surface area contributed by atoms with Crippen LogP contribution in [0.4, 0.5) is 5.82 Å². The first-order valence-electron chi connectivity index (χ1n) is 14.9. The van der Waals surface area contributed by atoms with Crippen LogP contribution in [0.1, 0.15) is 82.2 Å². The number of piperidine rings is 1. The minimum atomic E-state index is -0.995. The molecule has 2 bridgehead atoms. The second kappa shape index (κ2) is 11.5. The van der Waals surface area contributed by atoms with Crippen LogP contribution in [0.3, 0.4) is 0 Å². The van der Waals surface area contributed by atoms with Crippen molar-refractivity contribution in [3.05, 3.63) is 70.5 Å². The number of hydrogen-bond donors (Lipinski definition) is 2. The van der Waals surface area contributed by atoms with E-state index in [0.717, 1.165) is 29.4 Å². The molecule has 7 nitrogen and oxygen atoms in total. The standard InChI is InChI=1S/C32H40N4O3/c37-31-30(34-28(32(38)39)19-22-11-5-4-6-12-22)33-27-15-9-10-16-29(27)36(31)26-20-24-17-18-25(21-26)35(24)23-13-7-2-1-3-8-14-23/h4-6,9-12,15-16,23-26,28H,1-3,7-8,13-14,17-21H2,(H,33,34)(H,38,39)/t24-,25+,26?,28-/m0/s1. The number of anilines is 1. The van der Waals surface area contributed by atoms with Crippen LogP contribution in [0.5, 0.6) is 0 Å². The summed E-state index contributed by atoms with van der Waals surface area (Å²) in [7, 11) is 0. The van der Waals surface area contributed by atoms with Gasteiger partial charge in [0.15, 0.2) is 5.82 Å².